The zero-order valence-electron chi connectivity index (χ0n) is 15.0. The van der Waals surface area contributed by atoms with Gasteiger partial charge < -0.3 is 18.9 Å². The van der Waals surface area contributed by atoms with Gasteiger partial charge >= 0.3 is 0 Å². The van der Waals surface area contributed by atoms with E-state index in [9.17, 15) is 0 Å². The topological polar surface area (TPSA) is 43.2 Å². The summed E-state index contributed by atoms with van der Waals surface area (Å²) in [5.74, 6) is 3.19. The number of nitrogens with zero attached hydrogens (tertiary/aromatic N) is 2. The number of ether oxygens (including phenoxy) is 4. The molecule has 0 aromatic heterocycles. The molecule has 0 spiro atoms. The molecular formula is C19H23N2O4+. The molecule has 3 rings (SSSR count). The first-order valence-electron chi connectivity index (χ1n) is 8.02. The van der Waals surface area contributed by atoms with Crippen LogP contribution in [0.2, 0.25) is 0 Å². The normalized spacial score (nSPS) is 13.4. The van der Waals surface area contributed by atoms with Crippen LogP contribution in [-0.4, -0.2) is 52.4 Å². The van der Waals surface area contributed by atoms with Crippen molar-refractivity contribution in [3.63, 3.8) is 0 Å². The molecule has 0 N–H and O–H groups in total. The van der Waals surface area contributed by atoms with Crippen LogP contribution in [0.15, 0.2) is 36.4 Å². The minimum Gasteiger partial charge on any atom is -0.497 e. The predicted molar refractivity (Wildman–Crippen MR) is 97.3 cm³/mol. The van der Waals surface area contributed by atoms with Gasteiger partial charge in [0.25, 0.3) is 0 Å². The zero-order valence-corrected chi connectivity index (χ0v) is 15.0. The number of anilines is 1. The van der Waals surface area contributed by atoms with Gasteiger partial charge in [-0.1, -0.05) is 0 Å². The summed E-state index contributed by atoms with van der Waals surface area (Å²) in [6.45, 7) is 1.65. The van der Waals surface area contributed by atoms with Crippen LogP contribution >= 0.6 is 0 Å². The maximum absolute atomic E-state index is 5.50. The van der Waals surface area contributed by atoms with Crippen molar-refractivity contribution in [3.05, 3.63) is 36.4 Å². The Morgan fingerprint density at radius 3 is 2.08 bits per heavy atom. The van der Waals surface area contributed by atoms with Crippen LogP contribution in [0.1, 0.15) is 0 Å². The fraction of sp³-hybridized carbons (Fsp3) is 0.316. The molecule has 1 aliphatic heterocycles. The van der Waals surface area contributed by atoms with Crippen molar-refractivity contribution in [1.29, 1.82) is 0 Å². The van der Waals surface area contributed by atoms with E-state index in [4.69, 9.17) is 18.9 Å². The van der Waals surface area contributed by atoms with Crippen LogP contribution in [0.4, 0.5) is 11.4 Å². The average molecular weight is 343 g/mol. The van der Waals surface area contributed by atoms with E-state index in [0.717, 1.165) is 47.5 Å². The maximum Gasteiger partial charge on any atom is 0.245 e. The van der Waals surface area contributed by atoms with Crippen LogP contribution in [0, 0.1) is 0 Å². The van der Waals surface area contributed by atoms with E-state index in [1.165, 1.54) is 0 Å². The molecular weight excluding hydrogens is 320 g/mol. The molecule has 0 aliphatic carbocycles. The molecule has 1 heterocycles. The summed E-state index contributed by atoms with van der Waals surface area (Å²) >= 11 is 0. The fourth-order valence-corrected chi connectivity index (χ4v) is 2.91. The molecule has 0 atom stereocenters. The Hall–Kier alpha value is -2.89. The first kappa shape index (κ1) is 17.0. The molecule has 0 radical (unpaired) electrons. The molecule has 2 aromatic rings. The summed E-state index contributed by atoms with van der Waals surface area (Å²) in [6, 6.07) is 11.6. The van der Waals surface area contributed by atoms with Crippen LogP contribution in [0.25, 0.3) is 0 Å². The highest BCUT2D eigenvalue weighted by molar-refractivity contribution is 5.82. The molecule has 6 heteroatoms. The lowest BCUT2D eigenvalue weighted by molar-refractivity contribution is -0.424. The van der Waals surface area contributed by atoms with Crippen LogP contribution in [0.3, 0.4) is 0 Å². The summed E-state index contributed by atoms with van der Waals surface area (Å²) in [7, 11) is 6.66. The van der Waals surface area contributed by atoms with E-state index < -0.39 is 0 Å². The van der Waals surface area contributed by atoms with Crippen molar-refractivity contribution in [2.75, 3.05) is 46.4 Å². The largest absolute Gasteiger partial charge is 0.497 e. The standard InChI is InChI=1S/C19H23N2O4/c1-22-14-5-7-18(24-3)16(11-14)20-9-10-21(13-20)17-12-15(23-2)6-8-19(17)25-4/h5-8,11-13H,9-10H2,1-4H3/q+1. The van der Waals surface area contributed by atoms with Crippen molar-refractivity contribution >= 4 is 17.7 Å². The molecule has 1 aliphatic rings. The summed E-state index contributed by atoms with van der Waals surface area (Å²) in [4.78, 5) is 2.14. The van der Waals surface area contributed by atoms with Crippen molar-refractivity contribution in [2.24, 2.45) is 0 Å². The van der Waals surface area contributed by atoms with Crippen molar-refractivity contribution < 1.29 is 23.5 Å². The molecule has 0 saturated heterocycles. The fourth-order valence-electron chi connectivity index (χ4n) is 2.91. The molecule has 0 unspecified atom stereocenters. The van der Waals surface area contributed by atoms with E-state index in [-0.39, 0.29) is 0 Å². The second-order valence-corrected chi connectivity index (χ2v) is 5.58. The molecule has 25 heavy (non-hydrogen) atoms. The predicted octanol–water partition coefficient (Wildman–Crippen LogP) is 2.91. The number of hydrogen-bond acceptors (Lipinski definition) is 5. The lowest BCUT2D eigenvalue weighted by atomic mass is 10.2. The third-order valence-corrected chi connectivity index (χ3v) is 4.25. The highest BCUT2D eigenvalue weighted by Gasteiger charge is 2.27. The Morgan fingerprint density at radius 1 is 0.800 bits per heavy atom. The van der Waals surface area contributed by atoms with Crippen LogP contribution in [0.5, 0.6) is 23.0 Å². The van der Waals surface area contributed by atoms with Gasteiger partial charge in [-0.3, -0.25) is 0 Å². The SMILES string of the molecule is COc1ccc(OC)c(N2C=[N+](c3cc(OC)ccc3OC)CC2)c1. The molecule has 0 bridgehead atoms. The molecule has 2 aromatic carbocycles. The minimum atomic E-state index is 0.793. The Bertz CT molecular complexity index is 789. The van der Waals surface area contributed by atoms with Gasteiger partial charge in [-0.2, -0.15) is 0 Å². The van der Waals surface area contributed by atoms with Crippen molar-refractivity contribution in [3.8, 4) is 23.0 Å². The molecule has 132 valence electrons. The lowest BCUT2D eigenvalue weighted by Crippen LogP contribution is -2.18. The van der Waals surface area contributed by atoms with E-state index in [2.05, 4.69) is 15.8 Å². The highest BCUT2D eigenvalue weighted by atomic mass is 16.5. The van der Waals surface area contributed by atoms with E-state index in [0.29, 0.717) is 0 Å². The summed E-state index contributed by atoms with van der Waals surface area (Å²) in [6.07, 6.45) is 2.05. The van der Waals surface area contributed by atoms with Crippen LogP contribution in [-0.2, 0) is 0 Å². The number of benzene rings is 2. The van der Waals surface area contributed by atoms with Gasteiger partial charge in [0.15, 0.2) is 22.9 Å². The van der Waals surface area contributed by atoms with Gasteiger partial charge in [-0.05, 0) is 24.3 Å². The summed E-state index contributed by atoms with van der Waals surface area (Å²) in [5.41, 5.74) is 1.93. The van der Waals surface area contributed by atoms with Gasteiger partial charge in [0.1, 0.15) is 24.6 Å². The smallest absolute Gasteiger partial charge is 0.245 e. The molecule has 0 fully saturated rings. The van der Waals surface area contributed by atoms with Crippen molar-refractivity contribution in [2.45, 2.75) is 0 Å². The van der Waals surface area contributed by atoms with E-state index in [1.807, 2.05) is 36.4 Å². The van der Waals surface area contributed by atoms with Gasteiger partial charge in [-0.25, -0.2) is 9.48 Å². The zero-order chi connectivity index (χ0) is 17.8. The third kappa shape index (κ3) is 3.33. The summed E-state index contributed by atoms with van der Waals surface area (Å²) < 4.78 is 23.8. The average Bonchev–Trinajstić information content (AvgIpc) is 3.16. The number of hydrogen-bond donors (Lipinski definition) is 0. The van der Waals surface area contributed by atoms with E-state index >= 15 is 0 Å². The second kappa shape index (κ2) is 7.34. The van der Waals surface area contributed by atoms with Gasteiger partial charge in [0, 0.05) is 12.1 Å². The summed E-state index contributed by atoms with van der Waals surface area (Å²) in [5, 5.41) is 0. The number of rotatable bonds is 6. The molecule has 0 amide bonds. The third-order valence-electron chi connectivity index (χ3n) is 4.25. The lowest BCUT2D eigenvalue weighted by Gasteiger charge is -2.12. The van der Waals surface area contributed by atoms with E-state index in [1.54, 1.807) is 28.4 Å². The first-order chi connectivity index (χ1) is 12.2. The van der Waals surface area contributed by atoms with Crippen molar-refractivity contribution in [1.82, 2.24) is 0 Å². The quantitative estimate of drug-likeness (QED) is 0.755. The Labute approximate surface area is 147 Å². The Morgan fingerprint density at radius 2 is 1.44 bits per heavy atom. The van der Waals surface area contributed by atoms with Gasteiger partial charge in [-0.15, -0.1) is 0 Å². The highest BCUT2D eigenvalue weighted by Crippen LogP contribution is 2.35. The molecule has 6 nitrogen and oxygen atoms in total. The first-order valence-corrected chi connectivity index (χ1v) is 8.02. The maximum atomic E-state index is 5.50. The minimum absolute atomic E-state index is 0.793. The van der Waals surface area contributed by atoms with Gasteiger partial charge in [0.2, 0.25) is 6.34 Å². The van der Waals surface area contributed by atoms with Crippen LogP contribution < -0.4 is 23.8 Å². The Kier molecular flexibility index (Phi) is 4.97. The molecule has 0 saturated carbocycles. The monoisotopic (exact) mass is 343 g/mol. The Balaban J connectivity index is 1.98. The number of methoxy groups -OCH3 is 4. The second-order valence-electron chi connectivity index (χ2n) is 5.58. The van der Waals surface area contributed by atoms with Gasteiger partial charge in [0.05, 0.1) is 28.4 Å².